The molecular formula is C9H18N2O2S. The van der Waals surface area contributed by atoms with Crippen LogP contribution in [0.2, 0.25) is 0 Å². The van der Waals surface area contributed by atoms with Crippen LogP contribution in [0.15, 0.2) is 0 Å². The summed E-state index contributed by atoms with van der Waals surface area (Å²) in [5.41, 5.74) is 4.69. The van der Waals surface area contributed by atoms with Gasteiger partial charge in [0.15, 0.2) is 5.17 Å². The van der Waals surface area contributed by atoms with Crippen LogP contribution >= 0.6 is 11.8 Å². The Labute approximate surface area is 89.1 Å². The van der Waals surface area contributed by atoms with Gasteiger partial charge in [-0.15, -0.1) is 0 Å². The van der Waals surface area contributed by atoms with Crippen molar-refractivity contribution in [3.8, 4) is 0 Å². The summed E-state index contributed by atoms with van der Waals surface area (Å²) in [5.74, 6) is 0.286. The van der Waals surface area contributed by atoms with Gasteiger partial charge in [0.2, 0.25) is 0 Å². The number of hydrogen-bond acceptors (Lipinski definition) is 4. The number of carbonyl (C=O) groups excluding carboxylic acids is 1. The Kier molecular flexibility index (Phi) is 5.60. The van der Waals surface area contributed by atoms with E-state index in [0.29, 0.717) is 18.8 Å². The summed E-state index contributed by atoms with van der Waals surface area (Å²) in [7, 11) is 0. The second-order valence-electron chi connectivity index (χ2n) is 3.29. The molecule has 5 heteroatoms. The van der Waals surface area contributed by atoms with E-state index in [4.69, 9.17) is 15.9 Å². The van der Waals surface area contributed by atoms with Crippen molar-refractivity contribution >= 4 is 22.9 Å². The van der Waals surface area contributed by atoms with Crippen LogP contribution < -0.4 is 5.73 Å². The topological polar surface area (TPSA) is 76.2 Å². The Morgan fingerprint density at radius 2 is 2.14 bits per heavy atom. The molecule has 0 radical (unpaired) electrons. The van der Waals surface area contributed by atoms with Crippen molar-refractivity contribution in [1.29, 1.82) is 5.41 Å². The molecule has 3 N–H and O–H groups in total. The van der Waals surface area contributed by atoms with E-state index in [0.717, 1.165) is 0 Å². The lowest BCUT2D eigenvalue weighted by Gasteiger charge is -2.24. The molecule has 1 atom stereocenters. The SMILES string of the molecule is CCOC(=O)C(C)(CC)CSC(=N)N. The maximum Gasteiger partial charge on any atom is 0.312 e. The average molecular weight is 218 g/mol. The molecule has 0 rings (SSSR count). The molecule has 0 aromatic heterocycles. The van der Waals surface area contributed by atoms with E-state index in [1.165, 1.54) is 11.8 Å². The lowest BCUT2D eigenvalue weighted by Crippen LogP contribution is -2.32. The van der Waals surface area contributed by atoms with Gasteiger partial charge in [-0.25, -0.2) is 0 Å². The maximum absolute atomic E-state index is 11.6. The van der Waals surface area contributed by atoms with Crippen LogP contribution in [0.1, 0.15) is 27.2 Å². The Bertz CT molecular complexity index is 221. The summed E-state index contributed by atoms with van der Waals surface area (Å²) in [5, 5.41) is 7.12. The summed E-state index contributed by atoms with van der Waals surface area (Å²) >= 11 is 1.18. The van der Waals surface area contributed by atoms with Gasteiger partial charge >= 0.3 is 5.97 Å². The number of rotatable bonds is 5. The van der Waals surface area contributed by atoms with E-state index >= 15 is 0 Å². The molecule has 82 valence electrons. The number of ether oxygens (including phenoxy) is 1. The minimum absolute atomic E-state index is 0.0361. The Hall–Kier alpha value is -0.710. The minimum Gasteiger partial charge on any atom is -0.466 e. The normalized spacial score (nSPS) is 14.5. The number of hydrogen-bond donors (Lipinski definition) is 2. The molecular weight excluding hydrogens is 200 g/mol. The zero-order chi connectivity index (χ0) is 11.2. The van der Waals surface area contributed by atoms with Gasteiger partial charge in [-0.1, -0.05) is 18.7 Å². The van der Waals surface area contributed by atoms with E-state index in [1.807, 2.05) is 13.8 Å². The molecule has 0 aliphatic carbocycles. The number of esters is 1. The van der Waals surface area contributed by atoms with Crippen LogP contribution in [0, 0.1) is 10.8 Å². The smallest absolute Gasteiger partial charge is 0.312 e. The van der Waals surface area contributed by atoms with Crippen molar-refractivity contribution in [3.63, 3.8) is 0 Å². The zero-order valence-corrected chi connectivity index (χ0v) is 9.74. The number of nitrogens with one attached hydrogen (secondary N) is 1. The number of amidine groups is 1. The van der Waals surface area contributed by atoms with Crippen molar-refractivity contribution in [3.05, 3.63) is 0 Å². The largest absolute Gasteiger partial charge is 0.466 e. The Morgan fingerprint density at radius 1 is 1.57 bits per heavy atom. The molecule has 0 heterocycles. The van der Waals surface area contributed by atoms with Crippen molar-refractivity contribution in [2.24, 2.45) is 11.1 Å². The highest BCUT2D eigenvalue weighted by Crippen LogP contribution is 2.27. The first-order valence-electron chi connectivity index (χ1n) is 4.60. The fourth-order valence-electron chi connectivity index (χ4n) is 0.848. The van der Waals surface area contributed by atoms with Crippen molar-refractivity contribution in [1.82, 2.24) is 0 Å². The van der Waals surface area contributed by atoms with Gasteiger partial charge in [-0.05, 0) is 20.3 Å². The van der Waals surface area contributed by atoms with Crippen molar-refractivity contribution in [2.75, 3.05) is 12.4 Å². The number of thioether (sulfide) groups is 1. The van der Waals surface area contributed by atoms with E-state index in [1.54, 1.807) is 6.92 Å². The Morgan fingerprint density at radius 3 is 2.50 bits per heavy atom. The molecule has 0 aromatic rings. The van der Waals surface area contributed by atoms with E-state index in [-0.39, 0.29) is 11.1 Å². The molecule has 0 aromatic carbocycles. The molecule has 1 unspecified atom stereocenters. The monoisotopic (exact) mass is 218 g/mol. The van der Waals surface area contributed by atoms with Crippen molar-refractivity contribution < 1.29 is 9.53 Å². The summed E-state index contributed by atoms with van der Waals surface area (Å²) < 4.78 is 4.97. The zero-order valence-electron chi connectivity index (χ0n) is 8.92. The molecule has 0 aliphatic heterocycles. The van der Waals surface area contributed by atoms with Gasteiger partial charge in [0.25, 0.3) is 0 Å². The van der Waals surface area contributed by atoms with E-state index in [9.17, 15) is 4.79 Å². The molecule has 14 heavy (non-hydrogen) atoms. The van der Waals surface area contributed by atoms with E-state index < -0.39 is 5.41 Å². The maximum atomic E-state index is 11.6. The minimum atomic E-state index is -0.535. The number of nitrogens with two attached hydrogens (primary N) is 1. The summed E-state index contributed by atoms with van der Waals surface area (Å²) in [4.78, 5) is 11.6. The third kappa shape index (κ3) is 4.00. The van der Waals surface area contributed by atoms with Crippen LogP contribution in [-0.4, -0.2) is 23.5 Å². The predicted octanol–water partition coefficient (Wildman–Crippen LogP) is 1.59. The average Bonchev–Trinajstić information content (AvgIpc) is 2.14. The van der Waals surface area contributed by atoms with Crippen LogP contribution in [0.3, 0.4) is 0 Å². The molecule has 4 nitrogen and oxygen atoms in total. The van der Waals surface area contributed by atoms with Gasteiger partial charge in [0.1, 0.15) is 0 Å². The van der Waals surface area contributed by atoms with Gasteiger partial charge in [-0.2, -0.15) is 0 Å². The van der Waals surface area contributed by atoms with Gasteiger partial charge in [0, 0.05) is 5.75 Å². The molecule has 0 amide bonds. The molecule has 0 spiro atoms. The van der Waals surface area contributed by atoms with Crippen molar-refractivity contribution in [2.45, 2.75) is 27.2 Å². The molecule has 0 saturated heterocycles. The molecule has 0 bridgehead atoms. The summed E-state index contributed by atoms with van der Waals surface area (Å²) in [6, 6.07) is 0. The van der Waals surface area contributed by atoms with Gasteiger partial charge in [-0.3, -0.25) is 10.2 Å². The van der Waals surface area contributed by atoms with Crippen LogP contribution in [0.4, 0.5) is 0 Å². The first-order valence-corrected chi connectivity index (χ1v) is 5.59. The standard InChI is InChI=1S/C9H18N2O2S/c1-4-9(3,6-14-8(10)11)7(12)13-5-2/h4-6H2,1-3H3,(H3,10,11). The van der Waals surface area contributed by atoms with Crippen LogP contribution in [0.25, 0.3) is 0 Å². The molecule has 0 fully saturated rings. The highest BCUT2D eigenvalue weighted by molar-refractivity contribution is 8.13. The second-order valence-corrected chi connectivity index (χ2v) is 4.30. The third-order valence-corrected chi connectivity index (χ3v) is 3.19. The highest BCUT2D eigenvalue weighted by Gasteiger charge is 2.32. The third-order valence-electron chi connectivity index (χ3n) is 2.09. The lowest BCUT2D eigenvalue weighted by atomic mass is 9.90. The predicted molar refractivity (Wildman–Crippen MR) is 59.4 cm³/mol. The second kappa shape index (κ2) is 5.90. The highest BCUT2D eigenvalue weighted by atomic mass is 32.2. The fraction of sp³-hybridized carbons (Fsp3) is 0.778. The summed E-state index contributed by atoms with van der Waals surface area (Å²) in [6.45, 7) is 5.93. The molecule has 0 aliphatic rings. The first-order chi connectivity index (χ1) is 6.46. The van der Waals surface area contributed by atoms with E-state index in [2.05, 4.69) is 0 Å². The van der Waals surface area contributed by atoms with Gasteiger partial charge < -0.3 is 10.5 Å². The first kappa shape index (κ1) is 13.3. The quantitative estimate of drug-likeness (QED) is 0.417. The molecule has 0 saturated carbocycles. The number of carbonyl (C=O) groups is 1. The fourth-order valence-corrected chi connectivity index (χ4v) is 1.64. The van der Waals surface area contributed by atoms with Crippen LogP contribution in [0.5, 0.6) is 0 Å². The van der Waals surface area contributed by atoms with Crippen LogP contribution in [-0.2, 0) is 9.53 Å². The van der Waals surface area contributed by atoms with Gasteiger partial charge in [0.05, 0.1) is 12.0 Å². The Balaban J connectivity index is 4.30. The summed E-state index contributed by atoms with van der Waals surface area (Å²) in [6.07, 6.45) is 0.687. The lowest BCUT2D eigenvalue weighted by molar-refractivity contribution is -0.153.